The molecule has 0 spiro atoms. The molecule has 2 aromatic heterocycles. The Balaban J connectivity index is 1.35. The quantitative estimate of drug-likeness (QED) is 0.835. The van der Waals surface area contributed by atoms with Gasteiger partial charge in [0.05, 0.1) is 31.5 Å². The van der Waals surface area contributed by atoms with Gasteiger partial charge in [-0.1, -0.05) is 5.16 Å². The second-order valence-electron chi connectivity index (χ2n) is 6.66. The molecular formula is C16H23N5O2. The number of hydrogen-bond acceptors (Lipinski definition) is 6. The van der Waals surface area contributed by atoms with Crippen molar-refractivity contribution >= 4 is 0 Å². The maximum atomic E-state index is 5.90. The van der Waals surface area contributed by atoms with E-state index in [1.54, 1.807) is 0 Å². The fraction of sp³-hybridized carbons (Fsp3) is 0.688. The normalized spacial score (nSPS) is 22.6. The number of aryl methyl sites for hydroxylation is 2. The molecule has 0 amide bonds. The van der Waals surface area contributed by atoms with Crippen LogP contribution >= 0.6 is 0 Å². The van der Waals surface area contributed by atoms with E-state index < -0.39 is 0 Å². The molecular weight excluding hydrogens is 294 g/mol. The van der Waals surface area contributed by atoms with Crippen LogP contribution in [0.2, 0.25) is 0 Å². The van der Waals surface area contributed by atoms with Gasteiger partial charge in [0, 0.05) is 24.7 Å². The van der Waals surface area contributed by atoms with E-state index in [4.69, 9.17) is 9.26 Å². The van der Waals surface area contributed by atoms with Crippen LogP contribution in [0.15, 0.2) is 10.6 Å². The molecule has 1 aliphatic carbocycles. The summed E-state index contributed by atoms with van der Waals surface area (Å²) in [5.74, 6) is 2.12. The molecule has 0 N–H and O–H groups in total. The standard InChI is InChI=1S/C16H23N5O2/c1-11-7-12(2)21(18-11)9-14-8-20(5-6-22-14)10-15-17-16(23-19-15)13-3-4-13/h7,13-14H,3-6,8-10H2,1-2H3. The largest absolute Gasteiger partial charge is 0.374 e. The van der Waals surface area contributed by atoms with Crippen molar-refractivity contribution in [2.45, 2.75) is 51.8 Å². The van der Waals surface area contributed by atoms with Gasteiger partial charge in [0.2, 0.25) is 5.89 Å². The lowest BCUT2D eigenvalue weighted by atomic mass is 10.2. The molecule has 0 radical (unpaired) electrons. The highest BCUT2D eigenvalue weighted by Gasteiger charge is 2.30. The van der Waals surface area contributed by atoms with Crippen molar-refractivity contribution in [3.05, 3.63) is 29.2 Å². The minimum Gasteiger partial charge on any atom is -0.374 e. The van der Waals surface area contributed by atoms with E-state index in [2.05, 4.69) is 33.1 Å². The van der Waals surface area contributed by atoms with Crippen molar-refractivity contribution in [2.75, 3.05) is 19.7 Å². The molecule has 2 aliphatic rings. The van der Waals surface area contributed by atoms with E-state index in [1.165, 1.54) is 18.5 Å². The molecule has 2 aromatic rings. The highest BCUT2D eigenvalue weighted by Crippen LogP contribution is 2.38. The van der Waals surface area contributed by atoms with Gasteiger partial charge in [0.25, 0.3) is 0 Å². The fourth-order valence-electron chi connectivity index (χ4n) is 3.11. The average molecular weight is 317 g/mol. The zero-order valence-electron chi connectivity index (χ0n) is 13.7. The molecule has 7 heteroatoms. The van der Waals surface area contributed by atoms with Crippen LogP contribution < -0.4 is 0 Å². The van der Waals surface area contributed by atoms with Crippen LogP contribution in [-0.2, 0) is 17.8 Å². The van der Waals surface area contributed by atoms with E-state index in [0.717, 1.165) is 50.2 Å². The molecule has 1 unspecified atom stereocenters. The Bertz CT molecular complexity index is 676. The minimum atomic E-state index is 0.150. The highest BCUT2D eigenvalue weighted by molar-refractivity contribution is 5.06. The van der Waals surface area contributed by atoms with E-state index in [9.17, 15) is 0 Å². The van der Waals surface area contributed by atoms with Gasteiger partial charge in [0.15, 0.2) is 5.82 Å². The van der Waals surface area contributed by atoms with Crippen LogP contribution in [0.1, 0.15) is 41.9 Å². The Morgan fingerprint density at radius 2 is 2.17 bits per heavy atom. The van der Waals surface area contributed by atoms with E-state index in [1.807, 2.05) is 11.6 Å². The van der Waals surface area contributed by atoms with Gasteiger partial charge in [-0.15, -0.1) is 0 Å². The van der Waals surface area contributed by atoms with Gasteiger partial charge in [-0.2, -0.15) is 10.1 Å². The molecule has 23 heavy (non-hydrogen) atoms. The van der Waals surface area contributed by atoms with Gasteiger partial charge < -0.3 is 9.26 Å². The maximum Gasteiger partial charge on any atom is 0.229 e. The number of rotatable bonds is 5. The van der Waals surface area contributed by atoms with Crippen molar-refractivity contribution in [3.8, 4) is 0 Å². The highest BCUT2D eigenvalue weighted by atomic mass is 16.5. The number of hydrogen-bond donors (Lipinski definition) is 0. The predicted molar refractivity (Wildman–Crippen MR) is 83.0 cm³/mol. The van der Waals surface area contributed by atoms with E-state index in [-0.39, 0.29) is 6.10 Å². The Labute approximate surface area is 135 Å². The second-order valence-corrected chi connectivity index (χ2v) is 6.66. The third-order valence-electron chi connectivity index (χ3n) is 4.48. The topological polar surface area (TPSA) is 69.2 Å². The van der Waals surface area contributed by atoms with Crippen molar-refractivity contribution in [2.24, 2.45) is 0 Å². The number of aromatic nitrogens is 4. The predicted octanol–water partition coefficient (Wildman–Crippen LogP) is 1.66. The molecule has 0 bridgehead atoms. The molecule has 1 aliphatic heterocycles. The van der Waals surface area contributed by atoms with Gasteiger partial charge >= 0.3 is 0 Å². The number of morpholine rings is 1. The third-order valence-corrected chi connectivity index (χ3v) is 4.48. The Morgan fingerprint density at radius 1 is 1.30 bits per heavy atom. The molecule has 1 saturated carbocycles. The maximum absolute atomic E-state index is 5.90. The van der Waals surface area contributed by atoms with Crippen LogP contribution in [-0.4, -0.2) is 50.6 Å². The summed E-state index contributed by atoms with van der Waals surface area (Å²) in [6.45, 7) is 8.12. The molecule has 2 fully saturated rings. The Hall–Kier alpha value is -1.73. The SMILES string of the molecule is Cc1cc(C)n(CC2CN(Cc3noc(C4CC4)n3)CCO2)n1. The van der Waals surface area contributed by atoms with E-state index >= 15 is 0 Å². The van der Waals surface area contributed by atoms with Crippen molar-refractivity contribution in [1.82, 2.24) is 24.8 Å². The summed E-state index contributed by atoms with van der Waals surface area (Å²) in [4.78, 5) is 6.85. The van der Waals surface area contributed by atoms with Crippen LogP contribution in [0.3, 0.4) is 0 Å². The first kappa shape index (κ1) is 14.8. The summed E-state index contributed by atoms with van der Waals surface area (Å²) >= 11 is 0. The minimum absolute atomic E-state index is 0.150. The first-order valence-electron chi connectivity index (χ1n) is 8.35. The molecule has 1 saturated heterocycles. The second kappa shape index (κ2) is 6.05. The van der Waals surface area contributed by atoms with Crippen LogP contribution in [0.25, 0.3) is 0 Å². The third kappa shape index (κ3) is 3.45. The number of ether oxygens (including phenoxy) is 1. The Morgan fingerprint density at radius 3 is 2.91 bits per heavy atom. The summed E-state index contributed by atoms with van der Waals surface area (Å²) in [5.41, 5.74) is 2.23. The van der Waals surface area contributed by atoms with Gasteiger partial charge in [-0.3, -0.25) is 9.58 Å². The monoisotopic (exact) mass is 317 g/mol. The van der Waals surface area contributed by atoms with Crippen molar-refractivity contribution in [1.29, 1.82) is 0 Å². The van der Waals surface area contributed by atoms with E-state index in [0.29, 0.717) is 5.92 Å². The molecule has 3 heterocycles. The van der Waals surface area contributed by atoms with Gasteiger partial charge in [-0.05, 0) is 32.8 Å². The first-order valence-corrected chi connectivity index (χ1v) is 8.35. The van der Waals surface area contributed by atoms with Gasteiger partial charge in [0.1, 0.15) is 0 Å². The summed E-state index contributed by atoms with van der Waals surface area (Å²) in [6, 6.07) is 2.10. The van der Waals surface area contributed by atoms with Crippen molar-refractivity contribution < 1.29 is 9.26 Å². The van der Waals surface area contributed by atoms with Crippen molar-refractivity contribution in [3.63, 3.8) is 0 Å². The summed E-state index contributed by atoms with van der Waals surface area (Å²) in [6.07, 6.45) is 2.52. The smallest absolute Gasteiger partial charge is 0.229 e. The molecule has 1 atom stereocenters. The molecule has 124 valence electrons. The van der Waals surface area contributed by atoms with Crippen LogP contribution in [0.5, 0.6) is 0 Å². The number of nitrogens with zero attached hydrogens (tertiary/aromatic N) is 5. The lowest BCUT2D eigenvalue weighted by Gasteiger charge is -2.32. The summed E-state index contributed by atoms with van der Waals surface area (Å²) in [5, 5.41) is 8.63. The summed E-state index contributed by atoms with van der Waals surface area (Å²) < 4.78 is 13.3. The zero-order valence-corrected chi connectivity index (χ0v) is 13.7. The molecule has 7 nitrogen and oxygen atoms in total. The lowest BCUT2D eigenvalue weighted by molar-refractivity contribution is -0.0413. The first-order chi connectivity index (χ1) is 11.2. The fourth-order valence-corrected chi connectivity index (χ4v) is 3.11. The van der Waals surface area contributed by atoms with Gasteiger partial charge in [-0.25, -0.2) is 0 Å². The average Bonchev–Trinajstić information content (AvgIpc) is 3.19. The summed E-state index contributed by atoms with van der Waals surface area (Å²) in [7, 11) is 0. The zero-order chi connectivity index (χ0) is 15.8. The van der Waals surface area contributed by atoms with Crippen LogP contribution in [0.4, 0.5) is 0 Å². The lowest BCUT2D eigenvalue weighted by Crippen LogP contribution is -2.44. The van der Waals surface area contributed by atoms with Crippen LogP contribution in [0, 0.1) is 13.8 Å². The Kier molecular flexibility index (Phi) is 3.90. The molecule has 4 rings (SSSR count). The molecule has 0 aromatic carbocycles.